The Morgan fingerprint density at radius 2 is 0.978 bits per heavy atom. The molecule has 2 aromatic rings. The fourth-order valence-electron chi connectivity index (χ4n) is 21.9. The number of aliphatic hydroxyl groups is 6. The summed E-state index contributed by atoms with van der Waals surface area (Å²) in [5.74, 6) is 2.70. The van der Waals surface area contributed by atoms with Gasteiger partial charge in [0, 0.05) is 55.7 Å². The monoisotopic (exact) mass is 1250 g/mol. The Morgan fingerprint density at radius 3 is 1.40 bits per heavy atom. The van der Waals surface area contributed by atoms with E-state index < -0.39 is 24.4 Å². The first-order chi connectivity index (χ1) is 42.4. The number of nitrogens with two attached hydrogens (primary N) is 1. The molecule has 0 aromatic heterocycles. The van der Waals surface area contributed by atoms with Gasteiger partial charge >= 0.3 is 0 Å². The van der Waals surface area contributed by atoms with Crippen LogP contribution in [0.3, 0.4) is 0 Å². The Balaban J connectivity index is 0.718. The van der Waals surface area contributed by atoms with Crippen LogP contribution in [0.2, 0.25) is 0 Å². The number of benzene rings is 2. The van der Waals surface area contributed by atoms with Crippen LogP contribution in [0, 0.1) is 92.7 Å². The first kappa shape index (κ1) is 69.4. The normalized spacial score (nSPS) is 38.7. The molecule has 0 bridgehead atoms. The van der Waals surface area contributed by atoms with Gasteiger partial charge < -0.3 is 51.5 Å². The summed E-state index contributed by atoms with van der Waals surface area (Å²) in [4.78, 5) is 43.6. The molecule has 0 saturated heterocycles. The van der Waals surface area contributed by atoms with Gasteiger partial charge in [-0.3, -0.25) is 14.4 Å². The number of nitrogens with zero attached hydrogens (tertiary/aromatic N) is 1. The van der Waals surface area contributed by atoms with Gasteiger partial charge in [0.15, 0.2) is 0 Å². The number of fused-ring (bicyclic) bond motifs is 10. The number of nitrogens with one attached hydrogen (secondary N) is 2. The second kappa shape index (κ2) is 27.4. The highest BCUT2D eigenvalue weighted by atomic mass is 16.3. The third-order valence-electron chi connectivity index (χ3n) is 27.5. The van der Waals surface area contributed by atoms with Crippen molar-refractivity contribution in [3.63, 3.8) is 0 Å². The molecule has 8 aliphatic rings. The third kappa shape index (κ3) is 13.8. The summed E-state index contributed by atoms with van der Waals surface area (Å²) in [6, 6.07) is 15.0. The van der Waals surface area contributed by atoms with Crippen molar-refractivity contribution in [3.8, 4) is 0 Å². The van der Waals surface area contributed by atoms with E-state index in [1.807, 2.05) is 17.0 Å². The van der Waals surface area contributed by atoms with Crippen molar-refractivity contribution in [2.75, 3.05) is 26.2 Å². The minimum Gasteiger partial charge on any atom is -0.393 e. The summed E-state index contributed by atoms with van der Waals surface area (Å²) in [5, 5.41) is 77.7. The summed E-state index contributed by atoms with van der Waals surface area (Å²) in [6.45, 7) is 30.8. The SMILES string of the molecule is C[C@H](CCC(=O)NCCCN(CCCNC(=O)CC[C@@H](C)[C@H]1CC[C@H]2[C@@H]3[C@H](O)C[C@@H]4C[C@H](O)CC[C@]4(C)[C@H]3C[C@H](O)[C@]12C)C(=O)c1ccc(C[NH2+]Cc2cc(C(C)(C)C)cc(C(C)(C)C)c2)cc1)[C@H]1CC[C@H]2[C@@H]3[C@H](O)C[C@@H]4C[C@H](O)CC[C@]4(C)[C@H]3C[C@H](O)[C@]12C. The van der Waals surface area contributed by atoms with Gasteiger partial charge in [0.1, 0.15) is 13.1 Å². The lowest BCUT2D eigenvalue weighted by molar-refractivity contribution is -0.686. The van der Waals surface area contributed by atoms with Gasteiger partial charge in [-0.1, -0.05) is 101 Å². The zero-order valence-electron chi connectivity index (χ0n) is 57.8. The van der Waals surface area contributed by atoms with Crippen molar-refractivity contribution in [1.82, 2.24) is 15.5 Å². The number of hydrogen-bond donors (Lipinski definition) is 9. The molecule has 504 valence electrons. The van der Waals surface area contributed by atoms with E-state index in [1.54, 1.807) is 0 Å². The Morgan fingerprint density at radius 1 is 0.556 bits per heavy atom. The van der Waals surface area contributed by atoms with E-state index in [0.29, 0.717) is 83.1 Å². The van der Waals surface area contributed by atoms with Crippen molar-refractivity contribution in [3.05, 3.63) is 70.3 Å². The van der Waals surface area contributed by atoms with Gasteiger partial charge in [0.05, 0.1) is 36.6 Å². The van der Waals surface area contributed by atoms with Crippen LogP contribution in [-0.4, -0.2) is 116 Å². The van der Waals surface area contributed by atoms with Crippen LogP contribution < -0.4 is 16.0 Å². The molecule has 10 N–H and O–H groups in total. The van der Waals surface area contributed by atoms with Crippen molar-refractivity contribution in [2.45, 2.75) is 272 Å². The maximum atomic E-state index is 14.5. The number of rotatable bonds is 21. The number of carbonyl (C=O) groups excluding carboxylic acids is 3. The number of carbonyl (C=O) groups is 3. The lowest BCUT2D eigenvalue weighted by Crippen LogP contribution is -2.80. The second-order valence-corrected chi connectivity index (χ2v) is 34.6. The van der Waals surface area contributed by atoms with Gasteiger partial charge in [-0.2, -0.15) is 0 Å². The topological polar surface area (TPSA) is 216 Å². The Kier molecular flexibility index (Phi) is 21.1. The molecule has 0 radical (unpaired) electrons. The predicted octanol–water partition coefficient (Wildman–Crippen LogP) is 10.8. The summed E-state index contributed by atoms with van der Waals surface area (Å²) in [6.07, 6.45) is 12.8. The van der Waals surface area contributed by atoms with Crippen molar-refractivity contribution < 1.29 is 50.3 Å². The molecule has 2 aromatic carbocycles. The molecule has 0 aliphatic heterocycles. The van der Waals surface area contributed by atoms with E-state index in [0.717, 1.165) is 95.7 Å². The van der Waals surface area contributed by atoms with Crippen molar-refractivity contribution in [2.24, 2.45) is 92.7 Å². The summed E-state index contributed by atoms with van der Waals surface area (Å²) in [5.41, 5.74) is 5.25. The van der Waals surface area contributed by atoms with Gasteiger partial charge in [0.2, 0.25) is 11.8 Å². The van der Waals surface area contributed by atoms with Crippen molar-refractivity contribution >= 4 is 17.7 Å². The molecule has 3 amide bonds. The van der Waals surface area contributed by atoms with Crippen LogP contribution in [0.25, 0.3) is 0 Å². The average Bonchev–Trinajstić information content (AvgIpc) is 1.34. The lowest BCUT2D eigenvalue weighted by atomic mass is 9.43. The number of amides is 3. The predicted molar refractivity (Wildman–Crippen MR) is 356 cm³/mol. The van der Waals surface area contributed by atoms with E-state index in [9.17, 15) is 45.0 Å². The van der Waals surface area contributed by atoms with E-state index in [2.05, 4.69) is 129 Å². The second-order valence-electron chi connectivity index (χ2n) is 34.6. The Labute approximate surface area is 542 Å². The molecule has 13 heteroatoms. The molecule has 0 spiro atoms. The van der Waals surface area contributed by atoms with Crippen LogP contribution in [0.15, 0.2) is 42.5 Å². The van der Waals surface area contributed by atoms with E-state index >= 15 is 0 Å². The molecule has 8 fully saturated rings. The highest BCUT2D eigenvalue weighted by Gasteiger charge is 2.67. The maximum Gasteiger partial charge on any atom is 0.253 e. The average molecular weight is 1250 g/mol. The summed E-state index contributed by atoms with van der Waals surface area (Å²) < 4.78 is 0. The zero-order valence-corrected chi connectivity index (χ0v) is 57.8. The first-order valence-corrected chi connectivity index (χ1v) is 36.3. The first-order valence-electron chi connectivity index (χ1n) is 36.3. The number of aliphatic hydroxyl groups excluding tert-OH is 6. The minimum absolute atomic E-state index is 0.00628. The van der Waals surface area contributed by atoms with Crippen LogP contribution >= 0.6 is 0 Å². The van der Waals surface area contributed by atoms with Gasteiger partial charge in [0.25, 0.3) is 5.91 Å². The van der Waals surface area contributed by atoms with Gasteiger partial charge in [-0.15, -0.1) is 0 Å². The maximum absolute atomic E-state index is 14.5. The fraction of sp³-hybridized carbons (Fsp3) is 0.805. The molecule has 10 rings (SSSR count). The van der Waals surface area contributed by atoms with Crippen LogP contribution in [0.5, 0.6) is 0 Å². The molecule has 90 heavy (non-hydrogen) atoms. The molecular weight excluding hydrogens is 1120 g/mol. The van der Waals surface area contributed by atoms with E-state index in [4.69, 9.17) is 0 Å². The summed E-state index contributed by atoms with van der Waals surface area (Å²) >= 11 is 0. The third-order valence-corrected chi connectivity index (χ3v) is 27.5. The van der Waals surface area contributed by atoms with E-state index in [-0.39, 0.29) is 133 Å². The van der Waals surface area contributed by atoms with Crippen molar-refractivity contribution in [1.29, 1.82) is 0 Å². The smallest absolute Gasteiger partial charge is 0.253 e. The highest BCUT2D eigenvalue weighted by molar-refractivity contribution is 5.94. The van der Waals surface area contributed by atoms with Gasteiger partial charge in [-0.25, -0.2) is 0 Å². The van der Waals surface area contributed by atoms with Crippen LogP contribution in [-0.2, 0) is 33.5 Å². The molecule has 0 unspecified atom stereocenters. The minimum atomic E-state index is -0.467. The fourth-order valence-corrected chi connectivity index (χ4v) is 21.9. The quantitative estimate of drug-likeness (QED) is 0.0543. The zero-order chi connectivity index (χ0) is 65.0. The summed E-state index contributed by atoms with van der Waals surface area (Å²) in [7, 11) is 0. The lowest BCUT2D eigenvalue weighted by Gasteiger charge is -2.63. The highest BCUT2D eigenvalue weighted by Crippen LogP contribution is 2.70. The number of hydrogen-bond acceptors (Lipinski definition) is 9. The van der Waals surface area contributed by atoms with E-state index in [1.165, 1.54) is 16.7 Å². The standard InChI is InChI=1S/C77H122N4O9/c1-46(57-21-23-59-69-61(42-65(86)76(57,59)11)74(9)29-27-55(82)38-53(74)40-63(69)84)15-25-67(88)79-31-13-33-81(71(90)50-19-17-48(18-20-50)44-78-45-49-35-51(72(3,4)5)37-52(36-49)73(6,7)8)34-14-32-80-68(89)26-16-47(2)58-22-24-60-70-62(43-66(87)77(58,60)12)75(10)30-28-56(83)39-54(75)41-64(70)85/h17-20,35-37,46-47,53-66,69-70,78,82-87H,13-16,21-34,38-45H2,1-12H3,(H,79,88)(H,80,89)/p+1/t46-,47-,53+,54+,55-,56-,57-,58-,59+,60+,61+,62+,63-,64-,65+,66+,69+,70+,74+,75+,76-,77-/m1/s1. The Bertz CT molecular complexity index is 2650. The molecular formula is C77H123N4O9+. The van der Waals surface area contributed by atoms with Crippen LogP contribution in [0.1, 0.15) is 244 Å². The molecule has 13 nitrogen and oxygen atoms in total. The molecule has 8 saturated carbocycles. The van der Waals surface area contributed by atoms with Gasteiger partial charge in [-0.05, 0) is 254 Å². The van der Waals surface area contributed by atoms with Crippen LogP contribution in [0.4, 0.5) is 0 Å². The Hall–Kier alpha value is -3.43. The largest absolute Gasteiger partial charge is 0.393 e. The number of quaternary nitrogens is 1. The molecule has 22 atom stereocenters. The molecule has 0 heterocycles. The molecule has 8 aliphatic carbocycles.